The molecule has 2 heterocycles. The highest BCUT2D eigenvalue weighted by molar-refractivity contribution is 7.03. The monoisotopic (exact) mass is 349 g/mol. The van der Waals surface area contributed by atoms with Gasteiger partial charge in [-0.1, -0.05) is 23.7 Å². The second-order valence-corrected chi connectivity index (χ2v) is 7.03. The average Bonchev–Trinajstić information content (AvgIpc) is 2.98. The number of piperidine rings is 1. The first kappa shape index (κ1) is 16.4. The van der Waals surface area contributed by atoms with Crippen LogP contribution in [0.3, 0.4) is 0 Å². The molecule has 3 rings (SSSR count). The Morgan fingerprint density at radius 3 is 2.65 bits per heavy atom. The Morgan fingerprint density at radius 2 is 2.04 bits per heavy atom. The first-order chi connectivity index (χ1) is 11.1. The Labute approximate surface area is 145 Å². The number of carbonyl (C=O) groups excluding carboxylic acids is 1. The summed E-state index contributed by atoms with van der Waals surface area (Å²) in [5, 5.41) is 5.73. The van der Waals surface area contributed by atoms with E-state index in [9.17, 15) is 4.79 Å². The number of aryl methyl sites for hydroxylation is 1. The predicted octanol–water partition coefficient (Wildman–Crippen LogP) is 3.50. The minimum Gasteiger partial charge on any atom is -0.349 e. The first-order valence-corrected chi connectivity index (χ1v) is 9.02. The van der Waals surface area contributed by atoms with E-state index in [1.807, 2.05) is 24.4 Å². The second kappa shape index (κ2) is 7.43. The number of nitrogens with one attached hydrogen (secondary N) is 1. The van der Waals surface area contributed by atoms with Crippen LogP contribution in [0.5, 0.6) is 0 Å². The van der Waals surface area contributed by atoms with Crippen molar-refractivity contribution in [3.63, 3.8) is 0 Å². The van der Waals surface area contributed by atoms with E-state index in [1.54, 1.807) is 0 Å². The largest absolute Gasteiger partial charge is 0.349 e. The number of nitrogens with zero attached hydrogens (tertiary/aromatic N) is 2. The van der Waals surface area contributed by atoms with Crippen molar-refractivity contribution >= 4 is 29.0 Å². The molecule has 0 atom stereocenters. The zero-order chi connectivity index (χ0) is 16.2. The van der Waals surface area contributed by atoms with Gasteiger partial charge in [-0.15, -0.1) is 0 Å². The molecule has 1 aliphatic rings. The molecule has 23 heavy (non-hydrogen) atoms. The molecule has 0 aliphatic carbocycles. The topological polar surface area (TPSA) is 45.2 Å². The van der Waals surface area contributed by atoms with Gasteiger partial charge in [0.05, 0.1) is 11.3 Å². The maximum absolute atomic E-state index is 12.2. The standard InChI is InChI=1S/C17H20ClN3OS/c1-12-16(11-23-20-12)17(22)19-15-6-8-21(9-7-15)10-13-2-4-14(18)5-3-13/h2-5,11,15H,6-10H2,1H3,(H,19,22). The molecule has 1 saturated heterocycles. The molecular weight excluding hydrogens is 330 g/mol. The number of benzene rings is 1. The van der Waals surface area contributed by atoms with Crippen LogP contribution < -0.4 is 5.32 Å². The third kappa shape index (κ3) is 4.31. The van der Waals surface area contributed by atoms with E-state index >= 15 is 0 Å². The van der Waals surface area contributed by atoms with Gasteiger partial charge >= 0.3 is 0 Å². The zero-order valence-electron chi connectivity index (χ0n) is 13.1. The number of hydrogen-bond acceptors (Lipinski definition) is 4. The third-order valence-corrected chi connectivity index (χ3v) is 5.21. The van der Waals surface area contributed by atoms with Gasteiger partial charge in [0.1, 0.15) is 0 Å². The SMILES string of the molecule is Cc1nscc1C(=O)NC1CCN(Cc2ccc(Cl)cc2)CC1. The lowest BCUT2D eigenvalue weighted by atomic mass is 10.0. The van der Waals surface area contributed by atoms with Crippen LogP contribution in [-0.2, 0) is 6.54 Å². The van der Waals surface area contributed by atoms with Crippen LogP contribution >= 0.6 is 23.1 Å². The molecule has 4 nitrogen and oxygen atoms in total. The van der Waals surface area contributed by atoms with E-state index in [0.29, 0.717) is 5.56 Å². The summed E-state index contributed by atoms with van der Waals surface area (Å²) in [6, 6.07) is 8.26. The molecule has 0 saturated carbocycles. The summed E-state index contributed by atoms with van der Waals surface area (Å²) in [6.07, 6.45) is 1.96. The van der Waals surface area contributed by atoms with Crippen molar-refractivity contribution in [3.05, 3.63) is 51.5 Å². The summed E-state index contributed by atoms with van der Waals surface area (Å²) in [5.74, 6) is 0.00685. The average molecular weight is 350 g/mol. The van der Waals surface area contributed by atoms with E-state index in [2.05, 4.69) is 26.7 Å². The number of amides is 1. The van der Waals surface area contributed by atoms with Crippen LogP contribution in [-0.4, -0.2) is 34.3 Å². The fourth-order valence-electron chi connectivity index (χ4n) is 2.86. The second-order valence-electron chi connectivity index (χ2n) is 5.96. The predicted molar refractivity (Wildman–Crippen MR) is 94.1 cm³/mol. The molecule has 6 heteroatoms. The molecule has 0 spiro atoms. The lowest BCUT2D eigenvalue weighted by Gasteiger charge is -2.32. The first-order valence-electron chi connectivity index (χ1n) is 7.80. The van der Waals surface area contributed by atoms with Gasteiger partial charge in [0.25, 0.3) is 5.91 Å². The zero-order valence-corrected chi connectivity index (χ0v) is 14.7. The van der Waals surface area contributed by atoms with Crippen molar-refractivity contribution in [2.45, 2.75) is 32.4 Å². The Balaban J connectivity index is 1.48. The minimum atomic E-state index is 0.00685. The summed E-state index contributed by atoms with van der Waals surface area (Å²) in [5.41, 5.74) is 2.79. The quantitative estimate of drug-likeness (QED) is 0.918. The molecule has 0 radical (unpaired) electrons. The smallest absolute Gasteiger partial charge is 0.254 e. The molecule has 1 N–H and O–H groups in total. The lowest BCUT2D eigenvalue weighted by molar-refractivity contribution is 0.0908. The van der Waals surface area contributed by atoms with Crippen LogP contribution in [0.1, 0.15) is 34.5 Å². The molecule has 1 aliphatic heterocycles. The fourth-order valence-corrected chi connectivity index (χ4v) is 3.68. The summed E-state index contributed by atoms with van der Waals surface area (Å²) in [4.78, 5) is 14.6. The summed E-state index contributed by atoms with van der Waals surface area (Å²) >= 11 is 7.25. The highest BCUT2D eigenvalue weighted by Crippen LogP contribution is 2.17. The Kier molecular flexibility index (Phi) is 5.30. The molecule has 1 amide bonds. The van der Waals surface area contributed by atoms with Crippen LogP contribution in [0.2, 0.25) is 5.02 Å². The van der Waals surface area contributed by atoms with E-state index < -0.39 is 0 Å². The molecule has 0 bridgehead atoms. The van der Waals surface area contributed by atoms with Gasteiger partial charge in [0, 0.05) is 36.1 Å². The van der Waals surface area contributed by atoms with Crippen molar-refractivity contribution in [1.29, 1.82) is 0 Å². The van der Waals surface area contributed by atoms with Gasteiger partial charge in [-0.25, -0.2) is 0 Å². The summed E-state index contributed by atoms with van der Waals surface area (Å²) in [7, 11) is 0. The number of aromatic nitrogens is 1. The number of likely N-dealkylation sites (tertiary alicyclic amines) is 1. The molecule has 1 fully saturated rings. The number of rotatable bonds is 4. The number of halogens is 1. The van der Waals surface area contributed by atoms with Crippen molar-refractivity contribution in [2.75, 3.05) is 13.1 Å². The fraction of sp³-hybridized carbons (Fsp3) is 0.412. The van der Waals surface area contributed by atoms with Crippen molar-refractivity contribution in [1.82, 2.24) is 14.6 Å². The van der Waals surface area contributed by atoms with Crippen LogP contribution in [0.15, 0.2) is 29.6 Å². The van der Waals surface area contributed by atoms with Crippen LogP contribution in [0, 0.1) is 6.92 Å². The molecule has 2 aromatic rings. The van der Waals surface area contributed by atoms with Gasteiger partial charge in [-0.3, -0.25) is 9.69 Å². The third-order valence-electron chi connectivity index (χ3n) is 4.24. The number of carbonyl (C=O) groups is 1. The highest BCUT2D eigenvalue weighted by atomic mass is 35.5. The van der Waals surface area contributed by atoms with Crippen molar-refractivity contribution in [3.8, 4) is 0 Å². The van der Waals surface area contributed by atoms with Gasteiger partial charge in [0.15, 0.2) is 0 Å². The maximum Gasteiger partial charge on any atom is 0.254 e. The van der Waals surface area contributed by atoms with Crippen molar-refractivity contribution < 1.29 is 4.79 Å². The Morgan fingerprint density at radius 1 is 1.35 bits per heavy atom. The van der Waals surface area contributed by atoms with E-state index in [1.165, 1.54) is 17.1 Å². The van der Waals surface area contributed by atoms with Gasteiger partial charge < -0.3 is 5.32 Å². The Hall–Kier alpha value is -1.43. The van der Waals surface area contributed by atoms with Crippen LogP contribution in [0.4, 0.5) is 0 Å². The molecule has 122 valence electrons. The normalized spacial score (nSPS) is 16.4. The molecule has 0 unspecified atom stereocenters. The number of hydrogen-bond donors (Lipinski definition) is 1. The van der Waals surface area contributed by atoms with E-state index in [0.717, 1.165) is 43.2 Å². The van der Waals surface area contributed by atoms with Crippen LogP contribution in [0.25, 0.3) is 0 Å². The van der Waals surface area contributed by atoms with Gasteiger partial charge in [-0.05, 0) is 49.0 Å². The lowest BCUT2D eigenvalue weighted by Crippen LogP contribution is -2.44. The molecular formula is C17H20ClN3OS. The van der Waals surface area contributed by atoms with Gasteiger partial charge in [-0.2, -0.15) is 4.37 Å². The van der Waals surface area contributed by atoms with Gasteiger partial charge in [0.2, 0.25) is 0 Å². The van der Waals surface area contributed by atoms with E-state index in [-0.39, 0.29) is 11.9 Å². The summed E-state index contributed by atoms with van der Waals surface area (Å²) in [6.45, 7) is 4.80. The molecule has 1 aromatic heterocycles. The molecule has 1 aromatic carbocycles. The highest BCUT2D eigenvalue weighted by Gasteiger charge is 2.22. The van der Waals surface area contributed by atoms with E-state index in [4.69, 9.17) is 11.6 Å². The van der Waals surface area contributed by atoms with Crippen molar-refractivity contribution in [2.24, 2.45) is 0 Å². The Bertz CT molecular complexity index is 663. The minimum absolute atomic E-state index is 0.00685. The maximum atomic E-state index is 12.2. The summed E-state index contributed by atoms with van der Waals surface area (Å²) < 4.78 is 4.16.